The fraction of sp³-hybridized carbons (Fsp3) is 0.533. The van der Waals surface area contributed by atoms with Crippen LogP contribution in [0.5, 0.6) is 5.75 Å². The van der Waals surface area contributed by atoms with Crippen molar-refractivity contribution in [1.82, 2.24) is 10.6 Å². The van der Waals surface area contributed by atoms with Crippen LogP contribution in [0.25, 0.3) is 0 Å². The summed E-state index contributed by atoms with van der Waals surface area (Å²) in [4.78, 5) is 4.19. The number of rotatable bonds is 8. The average Bonchev–Trinajstić information content (AvgIpc) is 2.50. The molecule has 0 heterocycles. The lowest BCUT2D eigenvalue weighted by atomic mass is 10.2. The number of guanidine groups is 1. The van der Waals surface area contributed by atoms with Crippen LogP contribution in [-0.2, 0) is 11.3 Å². The summed E-state index contributed by atoms with van der Waals surface area (Å²) in [7, 11) is 3.44. The van der Waals surface area contributed by atoms with Gasteiger partial charge >= 0.3 is 0 Å². The molecule has 1 aromatic carbocycles. The van der Waals surface area contributed by atoms with Gasteiger partial charge in [0, 0.05) is 38.9 Å². The molecular weight excluding hydrogens is 381 g/mol. The number of aliphatic imine (C=N–C) groups is 1. The van der Waals surface area contributed by atoms with Gasteiger partial charge in [-0.25, -0.2) is 0 Å². The third kappa shape index (κ3) is 8.11. The van der Waals surface area contributed by atoms with Gasteiger partial charge in [0.05, 0.1) is 7.11 Å². The summed E-state index contributed by atoms with van der Waals surface area (Å²) in [5.74, 6) is 1.67. The zero-order chi connectivity index (χ0) is 14.6. The second kappa shape index (κ2) is 12.7. The number of para-hydroxylation sites is 1. The largest absolute Gasteiger partial charge is 0.496 e. The Bertz CT molecular complexity index is 414. The van der Waals surface area contributed by atoms with Crippen molar-refractivity contribution in [2.24, 2.45) is 4.99 Å². The van der Waals surface area contributed by atoms with E-state index in [0.717, 1.165) is 43.5 Å². The second-order valence-corrected chi connectivity index (χ2v) is 4.21. The third-order valence-electron chi connectivity index (χ3n) is 2.82. The van der Waals surface area contributed by atoms with E-state index in [4.69, 9.17) is 9.47 Å². The monoisotopic (exact) mass is 407 g/mol. The number of nitrogens with zero attached hydrogens (tertiary/aromatic N) is 1. The van der Waals surface area contributed by atoms with Gasteiger partial charge in [-0.1, -0.05) is 18.2 Å². The van der Waals surface area contributed by atoms with Crippen molar-refractivity contribution in [3.05, 3.63) is 29.8 Å². The first-order valence-electron chi connectivity index (χ1n) is 6.96. The SMILES string of the molecule is CCOCCCNC(=NC)NCc1ccccc1OC.I. The number of nitrogens with one attached hydrogen (secondary N) is 2. The summed E-state index contributed by atoms with van der Waals surface area (Å²) in [6.45, 7) is 5.05. The maximum absolute atomic E-state index is 5.32. The van der Waals surface area contributed by atoms with E-state index < -0.39 is 0 Å². The van der Waals surface area contributed by atoms with E-state index in [1.165, 1.54) is 0 Å². The highest BCUT2D eigenvalue weighted by molar-refractivity contribution is 14.0. The third-order valence-corrected chi connectivity index (χ3v) is 2.82. The Kier molecular flexibility index (Phi) is 12.1. The molecule has 21 heavy (non-hydrogen) atoms. The maximum Gasteiger partial charge on any atom is 0.191 e. The molecule has 0 atom stereocenters. The molecule has 0 fully saturated rings. The standard InChI is InChI=1S/C15H25N3O2.HI/c1-4-20-11-7-10-17-15(16-2)18-12-13-8-5-6-9-14(13)19-3;/h5-6,8-9H,4,7,10-12H2,1-3H3,(H2,16,17,18);1H. The van der Waals surface area contributed by atoms with Gasteiger partial charge < -0.3 is 20.1 Å². The maximum atomic E-state index is 5.32. The van der Waals surface area contributed by atoms with Crippen molar-refractivity contribution >= 4 is 29.9 Å². The molecule has 0 saturated heterocycles. The van der Waals surface area contributed by atoms with Gasteiger partial charge in [0.25, 0.3) is 0 Å². The summed E-state index contributed by atoms with van der Waals surface area (Å²) in [6, 6.07) is 7.95. The lowest BCUT2D eigenvalue weighted by Crippen LogP contribution is -2.37. The summed E-state index contributed by atoms with van der Waals surface area (Å²) in [6.07, 6.45) is 0.962. The van der Waals surface area contributed by atoms with Crippen LogP contribution >= 0.6 is 24.0 Å². The summed E-state index contributed by atoms with van der Waals surface area (Å²) >= 11 is 0. The van der Waals surface area contributed by atoms with Crippen LogP contribution in [0.4, 0.5) is 0 Å². The van der Waals surface area contributed by atoms with Gasteiger partial charge in [-0.3, -0.25) is 4.99 Å². The number of halogens is 1. The van der Waals surface area contributed by atoms with E-state index in [2.05, 4.69) is 15.6 Å². The highest BCUT2D eigenvalue weighted by Crippen LogP contribution is 2.16. The first kappa shape index (κ1) is 20.0. The predicted molar refractivity (Wildman–Crippen MR) is 97.7 cm³/mol. The number of benzene rings is 1. The van der Waals surface area contributed by atoms with E-state index in [1.807, 2.05) is 31.2 Å². The molecule has 0 aromatic heterocycles. The molecule has 0 aliphatic heterocycles. The van der Waals surface area contributed by atoms with Gasteiger partial charge in [-0.05, 0) is 19.4 Å². The van der Waals surface area contributed by atoms with Gasteiger partial charge in [-0.15, -0.1) is 24.0 Å². The van der Waals surface area contributed by atoms with Crippen LogP contribution < -0.4 is 15.4 Å². The normalized spacial score (nSPS) is 10.7. The van der Waals surface area contributed by atoms with Crippen LogP contribution in [-0.4, -0.2) is 39.9 Å². The molecule has 0 spiro atoms. The molecule has 0 aliphatic rings. The average molecular weight is 407 g/mol. The Balaban J connectivity index is 0.00000400. The fourth-order valence-electron chi connectivity index (χ4n) is 1.77. The van der Waals surface area contributed by atoms with Gasteiger partial charge in [0.2, 0.25) is 0 Å². The van der Waals surface area contributed by atoms with E-state index in [0.29, 0.717) is 6.54 Å². The zero-order valence-corrected chi connectivity index (χ0v) is 15.3. The van der Waals surface area contributed by atoms with Crippen molar-refractivity contribution < 1.29 is 9.47 Å². The lowest BCUT2D eigenvalue weighted by Gasteiger charge is -2.13. The summed E-state index contributed by atoms with van der Waals surface area (Å²) < 4.78 is 10.6. The molecule has 0 bridgehead atoms. The number of hydrogen-bond acceptors (Lipinski definition) is 3. The molecule has 6 heteroatoms. The number of ether oxygens (including phenoxy) is 2. The van der Waals surface area contributed by atoms with Crippen LogP contribution in [0.15, 0.2) is 29.3 Å². The molecule has 0 radical (unpaired) electrons. The van der Waals surface area contributed by atoms with Gasteiger partial charge in [0.1, 0.15) is 5.75 Å². The first-order valence-corrected chi connectivity index (χ1v) is 6.96. The molecule has 0 aliphatic carbocycles. The minimum absolute atomic E-state index is 0. The Hall–Kier alpha value is -1.02. The van der Waals surface area contributed by atoms with Crippen molar-refractivity contribution in [2.45, 2.75) is 19.9 Å². The smallest absolute Gasteiger partial charge is 0.191 e. The summed E-state index contributed by atoms with van der Waals surface area (Å²) in [5, 5.41) is 6.52. The molecule has 0 unspecified atom stereocenters. The minimum atomic E-state index is 0. The topological polar surface area (TPSA) is 54.9 Å². The van der Waals surface area contributed by atoms with Crippen molar-refractivity contribution in [2.75, 3.05) is 33.9 Å². The van der Waals surface area contributed by atoms with Crippen LogP contribution in [0.1, 0.15) is 18.9 Å². The predicted octanol–water partition coefficient (Wildman–Crippen LogP) is 2.40. The molecular formula is C15H26IN3O2. The van der Waals surface area contributed by atoms with E-state index in [-0.39, 0.29) is 24.0 Å². The lowest BCUT2D eigenvalue weighted by molar-refractivity contribution is 0.145. The molecule has 2 N–H and O–H groups in total. The molecule has 5 nitrogen and oxygen atoms in total. The molecule has 1 rings (SSSR count). The van der Waals surface area contributed by atoms with Gasteiger partial charge in [0.15, 0.2) is 5.96 Å². The molecule has 1 aromatic rings. The molecule has 0 saturated carbocycles. The van der Waals surface area contributed by atoms with E-state index in [1.54, 1.807) is 14.2 Å². The van der Waals surface area contributed by atoms with Gasteiger partial charge in [-0.2, -0.15) is 0 Å². The van der Waals surface area contributed by atoms with E-state index in [9.17, 15) is 0 Å². The Labute approximate surface area is 144 Å². The second-order valence-electron chi connectivity index (χ2n) is 4.21. The Morgan fingerprint density at radius 3 is 2.67 bits per heavy atom. The molecule has 0 amide bonds. The first-order chi connectivity index (χ1) is 9.81. The van der Waals surface area contributed by atoms with Crippen LogP contribution in [0, 0.1) is 0 Å². The van der Waals surface area contributed by atoms with Crippen molar-refractivity contribution in [3.63, 3.8) is 0 Å². The van der Waals surface area contributed by atoms with Crippen LogP contribution in [0.2, 0.25) is 0 Å². The highest BCUT2D eigenvalue weighted by Gasteiger charge is 2.02. The number of hydrogen-bond donors (Lipinski definition) is 2. The number of methoxy groups -OCH3 is 1. The molecule has 120 valence electrons. The Morgan fingerprint density at radius 1 is 1.24 bits per heavy atom. The highest BCUT2D eigenvalue weighted by atomic mass is 127. The van der Waals surface area contributed by atoms with Crippen molar-refractivity contribution in [3.8, 4) is 5.75 Å². The summed E-state index contributed by atoms with van der Waals surface area (Å²) in [5.41, 5.74) is 1.10. The zero-order valence-electron chi connectivity index (χ0n) is 13.0. The van der Waals surface area contributed by atoms with Crippen LogP contribution in [0.3, 0.4) is 0 Å². The minimum Gasteiger partial charge on any atom is -0.496 e. The van der Waals surface area contributed by atoms with Crippen molar-refractivity contribution in [1.29, 1.82) is 0 Å². The fourth-order valence-corrected chi connectivity index (χ4v) is 1.77. The quantitative estimate of drug-likeness (QED) is 0.301. The Morgan fingerprint density at radius 2 is 2.00 bits per heavy atom. The van der Waals surface area contributed by atoms with E-state index >= 15 is 0 Å².